The highest BCUT2D eigenvalue weighted by Gasteiger charge is 2.23. The monoisotopic (exact) mass is 417 g/mol. The zero-order valence-electron chi connectivity index (χ0n) is 12.5. The molecule has 1 atom stereocenters. The maximum Gasteiger partial charge on any atom is 0.256 e. The van der Waals surface area contributed by atoms with Crippen molar-refractivity contribution in [1.29, 1.82) is 0 Å². The zero-order valence-corrected chi connectivity index (χ0v) is 15.7. The van der Waals surface area contributed by atoms with E-state index in [1.165, 1.54) is 11.3 Å². The summed E-state index contributed by atoms with van der Waals surface area (Å²) in [4.78, 5) is 17.8. The first-order valence-electron chi connectivity index (χ1n) is 7.00. The van der Waals surface area contributed by atoms with Crippen LogP contribution in [-0.2, 0) is 9.53 Å². The van der Waals surface area contributed by atoms with Crippen molar-refractivity contribution in [2.45, 2.75) is 13.0 Å². The van der Waals surface area contributed by atoms with Crippen molar-refractivity contribution in [3.63, 3.8) is 0 Å². The molecule has 0 saturated carbocycles. The third kappa shape index (κ3) is 4.51. The molecule has 23 heavy (non-hydrogen) atoms. The van der Waals surface area contributed by atoms with Crippen LogP contribution in [0.5, 0.6) is 0 Å². The number of amides is 1. The minimum absolute atomic E-state index is 0. The topological polar surface area (TPSA) is 63.2 Å². The standard InChI is InChI=1S/C15H16BrN3O2S.ClH/c1-9-13(10-2-4-11(16)5-3-10)18-15(22-9)19-14(20)12-8-17-6-7-21-12;/h2-5,12,17H,6-8H2,1H3,(H,18,19,20);1H/t12-;/m1./s1. The van der Waals surface area contributed by atoms with Crippen LogP contribution in [0.4, 0.5) is 5.13 Å². The van der Waals surface area contributed by atoms with E-state index in [4.69, 9.17) is 4.74 Å². The quantitative estimate of drug-likeness (QED) is 0.803. The molecule has 2 N–H and O–H groups in total. The summed E-state index contributed by atoms with van der Waals surface area (Å²) in [5, 5.41) is 6.60. The van der Waals surface area contributed by atoms with Crippen LogP contribution in [0.2, 0.25) is 0 Å². The van der Waals surface area contributed by atoms with Crippen LogP contribution in [0.15, 0.2) is 28.7 Å². The number of hydrogen-bond acceptors (Lipinski definition) is 5. The maximum absolute atomic E-state index is 12.2. The number of aryl methyl sites for hydroxylation is 1. The molecule has 8 heteroatoms. The van der Waals surface area contributed by atoms with Gasteiger partial charge in [-0.2, -0.15) is 0 Å². The van der Waals surface area contributed by atoms with Crippen LogP contribution >= 0.6 is 39.7 Å². The van der Waals surface area contributed by atoms with Gasteiger partial charge in [-0.3, -0.25) is 10.1 Å². The molecule has 1 aliphatic heterocycles. The third-order valence-corrected chi connectivity index (χ3v) is 4.78. The molecule has 5 nitrogen and oxygen atoms in total. The number of halogens is 2. The summed E-state index contributed by atoms with van der Waals surface area (Å²) in [6.45, 7) is 3.88. The number of aromatic nitrogens is 1. The first-order chi connectivity index (χ1) is 10.6. The van der Waals surface area contributed by atoms with Gasteiger partial charge in [0.1, 0.15) is 6.10 Å². The number of nitrogens with zero attached hydrogens (tertiary/aromatic N) is 1. The Morgan fingerprint density at radius 1 is 1.43 bits per heavy atom. The van der Waals surface area contributed by atoms with E-state index in [1.807, 2.05) is 31.2 Å². The van der Waals surface area contributed by atoms with Gasteiger partial charge in [0, 0.05) is 28.0 Å². The minimum Gasteiger partial charge on any atom is -0.366 e. The van der Waals surface area contributed by atoms with Gasteiger partial charge < -0.3 is 10.1 Å². The second kappa shape index (κ2) is 8.21. The van der Waals surface area contributed by atoms with E-state index in [2.05, 4.69) is 31.5 Å². The van der Waals surface area contributed by atoms with Crippen LogP contribution < -0.4 is 10.6 Å². The molecule has 1 saturated heterocycles. The largest absolute Gasteiger partial charge is 0.366 e. The van der Waals surface area contributed by atoms with E-state index in [0.29, 0.717) is 18.3 Å². The number of hydrogen-bond donors (Lipinski definition) is 2. The van der Waals surface area contributed by atoms with Crippen molar-refractivity contribution >= 4 is 50.7 Å². The van der Waals surface area contributed by atoms with E-state index < -0.39 is 6.10 Å². The molecule has 1 fully saturated rings. The first-order valence-corrected chi connectivity index (χ1v) is 8.61. The van der Waals surface area contributed by atoms with Crippen molar-refractivity contribution < 1.29 is 9.53 Å². The molecule has 0 radical (unpaired) electrons. The fourth-order valence-electron chi connectivity index (χ4n) is 2.25. The number of anilines is 1. The Bertz CT molecular complexity index is 672. The van der Waals surface area contributed by atoms with Crippen molar-refractivity contribution in [3.8, 4) is 11.3 Å². The summed E-state index contributed by atoms with van der Waals surface area (Å²) in [7, 11) is 0. The molecule has 2 aromatic rings. The van der Waals surface area contributed by atoms with Crippen molar-refractivity contribution in [2.75, 3.05) is 25.0 Å². The molecular formula is C15H17BrClN3O2S. The molecule has 0 bridgehead atoms. The zero-order chi connectivity index (χ0) is 15.5. The maximum atomic E-state index is 12.2. The molecule has 2 heterocycles. The highest BCUT2D eigenvalue weighted by molar-refractivity contribution is 9.10. The van der Waals surface area contributed by atoms with Crippen LogP contribution in [0.1, 0.15) is 4.88 Å². The highest BCUT2D eigenvalue weighted by Crippen LogP contribution is 2.31. The molecule has 0 unspecified atom stereocenters. The molecule has 1 aromatic heterocycles. The third-order valence-electron chi connectivity index (χ3n) is 3.36. The van der Waals surface area contributed by atoms with Gasteiger partial charge in [0.2, 0.25) is 0 Å². The van der Waals surface area contributed by atoms with E-state index >= 15 is 0 Å². The lowest BCUT2D eigenvalue weighted by atomic mass is 10.1. The molecule has 1 aromatic carbocycles. The Labute approximate surface area is 153 Å². The number of thiazole rings is 1. The Morgan fingerprint density at radius 2 is 2.17 bits per heavy atom. The van der Waals surface area contributed by atoms with Gasteiger partial charge in [0.25, 0.3) is 5.91 Å². The van der Waals surface area contributed by atoms with Crippen molar-refractivity contribution in [3.05, 3.63) is 33.6 Å². The van der Waals surface area contributed by atoms with Crippen LogP contribution in [-0.4, -0.2) is 36.7 Å². The van der Waals surface area contributed by atoms with Gasteiger partial charge >= 0.3 is 0 Å². The number of carbonyl (C=O) groups excluding carboxylic acids is 1. The van der Waals surface area contributed by atoms with Crippen LogP contribution in [0.3, 0.4) is 0 Å². The predicted octanol–water partition coefficient (Wildman–Crippen LogP) is 3.23. The lowest BCUT2D eigenvalue weighted by Gasteiger charge is -2.22. The SMILES string of the molecule is Cc1sc(NC(=O)[C@H]2CNCCO2)nc1-c1ccc(Br)cc1.Cl. The summed E-state index contributed by atoms with van der Waals surface area (Å²) in [6, 6.07) is 7.97. The second-order valence-corrected chi connectivity index (χ2v) is 7.10. The highest BCUT2D eigenvalue weighted by atomic mass is 79.9. The summed E-state index contributed by atoms with van der Waals surface area (Å²) in [5.41, 5.74) is 1.93. The molecule has 1 aliphatic rings. The van der Waals surface area contributed by atoms with Gasteiger partial charge in [0.15, 0.2) is 5.13 Å². The van der Waals surface area contributed by atoms with Gasteiger partial charge in [-0.05, 0) is 19.1 Å². The summed E-state index contributed by atoms with van der Waals surface area (Å²) >= 11 is 4.90. The molecule has 0 spiro atoms. The molecule has 124 valence electrons. The van der Waals surface area contributed by atoms with Crippen LogP contribution in [0.25, 0.3) is 11.3 Å². The Morgan fingerprint density at radius 3 is 2.83 bits per heavy atom. The normalized spacial score (nSPS) is 17.4. The van der Waals surface area contributed by atoms with E-state index in [-0.39, 0.29) is 18.3 Å². The number of ether oxygens (including phenoxy) is 1. The number of rotatable bonds is 3. The number of benzene rings is 1. The second-order valence-electron chi connectivity index (χ2n) is 4.98. The molecular weight excluding hydrogens is 402 g/mol. The smallest absolute Gasteiger partial charge is 0.256 e. The first kappa shape index (κ1) is 18.4. The number of nitrogens with one attached hydrogen (secondary N) is 2. The summed E-state index contributed by atoms with van der Waals surface area (Å²) < 4.78 is 6.47. The molecule has 3 rings (SSSR count). The lowest BCUT2D eigenvalue weighted by molar-refractivity contribution is -0.128. The number of carbonyl (C=O) groups is 1. The van der Waals surface area contributed by atoms with E-state index in [9.17, 15) is 4.79 Å². The average molecular weight is 419 g/mol. The summed E-state index contributed by atoms with van der Waals surface area (Å²) in [6.07, 6.45) is -0.450. The lowest BCUT2D eigenvalue weighted by Crippen LogP contribution is -2.45. The molecule has 1 amide bonds. The fraction of sp³-hybridized carbons (Fsp3) is 0.333. The number of morpholine rings is 1. The van der Waals surface area contributed by atoms with Gasteiger partial charge in [-0.25, -0.2) is 4.98 Å². The van der Waals surface area contributed by atoms with E-state index in [1.54, 1.807) is 0 Å². The van der Waals surface area contributed by atoms with Crippen molar-refractivity contribution in [1.82, 2.24) is 10.3 Å². The van der Waals surface area contributed by atoms with Crippen LogP contribution in [0, 0.1) is 6.92 Å². The summed E-state index contributed by atoms with van der Waals surface area (Å²) in [5.74, 6) is -0.150. The molecule has 0 aliphatic carbocycles. The average Bonchev–Trinajstić information content (AvgIpc) is 2.89. The Hall–Kier alpha value is -0.990. The minimum atomic E-state index is -0.450. The fourth-order valence-corrected chi connectivity index (χ4v) is 3.35. The van der Waals surface area contributed by atoms with Crippen molar-refractivity contribution in [2.24, 2.45) is 0 Å². The van der Waals surface area contributed by atoms with E-state index in [0.717, 1.165) is 27.2 Å². The van der Waals surface area contributed by atoms with Gasteiger partial charge in [-0.1, -0.05) is 28.1 Å². The Kier molecular flexibility index (Phi) is 6.55. The Balaban J connectivity index is 0.00000192. The predicted molar refractivity (Wildman–Crippen MR) is 98.5 cm³/mol. The van der Waals surface area contributed by atoms with Gasteiger partial charge in [0.05, 0.1) is 12.3 Å². The van der Waals surface area contributed by atoms with Gasteiger partial charge in [-0.15, -0.1) is 23.7 Å².